The lowest BCUT2D eigenvalue weighted by atomic mass is 10.1. The Bertz CT molecular complexity index is 1040. The van der Waals surface area contributed by atoms with Crippen molar-refractivity contribution in [1.29, 1.82) is 0 Å². The second-order valence-corrected chi connectivity index (χ2v) is 9.21. The third-order valence-electron chi connectivity index (χ3n) is 4.74. The minimum Gasteiger partial charge on any atom is -0.485 e. The summed E-state index contributed by atoms with van der Waals surface area (Å²) >= 11 is 2.81. The topological polar surface area (TPSA) is 94.8 Å². The Morgan fingerprint density at radius 2 is 2.10 bits per heavy atom. The maximum absolute atomic E-state index is 12.3. The summed E-state index contributed by atoms with van der Waals surface area (Å²) in [4.78, 5) is 12.3. The number of nitrogens with one attached hydrogen (secondary N) is 1. The van der Waals surface area contributed by atoms with Gasteiger partial charge in [0.15, 0.2) is 11.0 Å². The fourth-order valence-electron chi connectivity index (χ4n) is 3.02. The predicted molar refractivity (Wildman–Crippen MR) is 117 cm³/mol. The molecule has 1 saturated carbocycles. The van der Waals surface area contributed by atoms with Crippen molar-refractivity contribution in [2.24, 2.45) is 0 Å². The average Bonchev–Trinajstić information content (AvgIpc) is 3.34. The number of carbonyl (C=O) groups is 1. The number of carbonyl (C=O) groups excluding carboxylic acids is 1. The first-order valence-electron chi connectivity index (χ1n) is 9.91. The van der Waals surface area contributed by atoms with Crippen LogP contribution in [-0.4, -0.2) is 36.6 Å². The summed E-state index contributed by atoms with van der Waals surface area (Å²) in [5, 5.41) is 21.8. The molecule has 0 radical (unpaired) electrons. The molecule has 2 heterocycles. The molecule has 1 amide bonds. The summed E-state index contributed by atoms with van der Waals surface area (Å²) in [6.07, 6.45) is 2.33. The van der Waals surface area contributed by atoms with E-state index in [4.69, 9.17) is 4.74 Å². The zero-order chi connectivity index (χ0) is 21.1. The van der Waals surface area contributed by atoms with Crippen molar-refractivity contribution in [3.05, 3.63) is 40.2 Å². The van der Waals surface area contributed by atoms with Crippen molar-refractivity contribution < 1.29 is 9.53 Å². The van der Waals surface area contributed by atoms with Crippen LogP contribution < -0.4 is 10.1 Å². The Hall–Kier alpha value is -2.46. The van der Waals surface area contributed by atoms with Crippen LogP contribution in [0.3, 0.4) is 0 Å². The maximum atomic E-state index is 12.3. The van der Waals surface area contributed by atoms with Crippen molar-refractivity contribution in [1.82, 2.24) is 25.0 Å². The van der Waals surface area contributed by atoms with Crippen LogP contribution in [0.1, 0.15) is 47.6 Å². The van der Waals surface area contributed by atoms with Gasteiger partial charge in [-0.1, -0.05) is 40.8 Å². The summed E-state index contributed by atoms with van der Waals surface area (Å²) in [7, 11) is 0. The highest BCUT2D eigenvalue weighted by molar-refractivity contribution is 7.99. The van der Waals surface area contributed by atoms with E-state index in [1.54, 1.807) is 0 Å². The van der Waals surface area contributed by atoms with Gasteiger partial charge in [0.25, 0.3) is 0 Å². The van der Waals surface area contributed by atoms with Crippen molar-refractivity contribution in [3.8, 4) is 5.75 Å². The van der Waals surface area contributed by atoms with Gasteiger partial charge in [-0.2, -0.15) is 0 Å². The minimum atomic E-state index is -0.128. The number of nitrogens with zero attached hydrogens (tertiary/aromatic N) is 5. The van der Waals surface area contributed by atoms with E-state index >= 15 is 0 Å². The van der Waals surface area contributed by atoms with E-state index in [9.17, 15) is 4.79 Å². The number of ether oxygens (including phenoxy) is 1. The molecule has 1 aliphatic rings. The molecule has 0 saturated heterocycles. The number of hydrogen-bond donors (Lipinski definition) is 1. The lowest BCUT2D eigenvalue weighted by molar-refractivity contribution is -0.113. The van der Waals surface area contributed by atoms with Gasteiger partial charge in [-0.25, -0.2) is 0 Å². The van der Waals surface area contributed by atoms with Crippen molar-refractivity contribution in [2.75, 3.05) is 11.1 Å². The minimum absolute atomic E-state index is 0.128. The van der Waals surface area contributed by atoms with Gasteiger partial charge < -0.3 is 9.30 Å². The van der Waals surface area contributed by atoms with Crippen molar-refractivity contribution in [2.45, 2.75) is 57.8 Å². The summed E-state index contributed by atoms with van der Waals surface area (Å²) in [5.41, 5.74) is 2.29. The molecular weight excluding hydrogens is 420 g/mol. The van der Waals surface area contributed by atoms with Crippen LogP contribution in [0.15, 0.2) is 23.4 Å². The van der Waals surface area contributed by atoms with Gasteiger partial charge in [0.2, 0.25) is 11.0 Å². The maximum Gasteiger partial charge on any atom is 0.236 e. The van der Waals surface area contributed by atoms with E-state index in [1.165, 1.54) is 41.5 Å². The lowest BCUT2D eigenvalue weighted by Crippen LogP contribution is -2.14. The van der Waals surface area contributed by atoms with E-state index in [1.807, 2.05) is 30.5 Å². The first-order valence-corrected chi connectivity index (χ1v) is 11.7. The van der Waals surface area contributed by atoms with Crippen LogP contribution in [-0.2, 0) is 17.9 Å². The Balaban J connectivity index is 1.32. The smallest absolute Gasteiger partial charge is 0.236 e. The number of anilines is 1. The van der Waals surface area contributed by atoms with Crippen LogP contribution in [0, 0.1) is 13.8 Å². The van der Waals surface area contributed by atoms with E-state index in [0.717, 1.165) is 22.1 Å². The number of rotatable bonds is 9. The van der Waals surface area contributed by atoms with Crippen molar-refractivity contribution >= 4 is 34.1 Å². The first kappa shape index (κ1) is 20.8. The van der Waals surface area contributed by atoms with E-state index in [-0.39, 0.29) is 11.7 Å². The van der Waals surface area contributed by atoms with E-state index in [0.29, 0.717) is 29.4 Å². The Labute approximate surface area is 183 Å². The molecule has 1 aromatic carbocycles. The number of amides is 1. The molecule has 8 nitrogen and oxygen atoms in total. The van der Waals surface area contributed by atoms with Crippen LogP contribution in [0.5, 0.6) is 5.75 Å². The number of benzene rings is 1. The Morgan fingerprint density at radius 1 is 1.27 bits per heavy atom. The third-order valence-corrected chi connectivity index (χ3v) is 6.71. The molecule has 3 aromatic rings. The van der Waals surface area contributed by atoms with Crippen LogP contribution in [0.4, 0.5) is 5.13 Å². The van der Waals surface area contributed by atoms with E-state index < -0.39 is 0 Å². The monoisotopic (exact) mass is 444 g/mol. The fraction of sp³-hybridized carbons (Fsp3) is 0.450. The highest BCUT2D eigenvalue weighted by atomic mass is 32.2. The third kappa shape index (κ3) is 4.99. The fourth-order valence-corrected chi connectivity index (χ4v) is 4.77. The number of thioether (sulfide) groups is 1. The largest absolute Gasteiger partial charge is 0.485 e. The number of hydrogen-bond acceptors (Lipinski definition) is 8. The second kappa shape index (κ2) is 9.13. The Kier molecular flexibility index (Phi) is 6.33. The molecule has 10 heteroatoms. The van der Waals surface area contributed by atoms with Gasteiger partial charge in [-0.3, -0.25) is 10.1 Å². The standard InChI is InChI=1S/C20H24N6O2S2/c1-4-26-16(10-28-15-8-5-12(2)9-13(15)3)22-25-20(26)29-11-17(27)21-19-24-23-18(30-19)14-6-7-14/h5,8-9,14H,4,6-7,10-11H2,1-3H3,(H,21,24,27). The molecule has 30 heavy (non-hydrogen) atoms. The summed E-state index contributed by atoms with van der Waals surface area (Å²) in [6.45, 7) is 7.13. The molecule has 0 bridgehead atoms. The van der Waals surface area contributed by atoms with Gasteiger partial charge in [-0.05, 0) is 45.2 Å². The SMILES string of the molecule is CCn1c(COc2ccc(C)cc2C)nnc1SCC(=O)Nc1nnc(C2CC2)s1. The molecular formula is C20H24N6O2S2. The quantitative estimate of drug-likeness (QED) is 0.499. The van der Waals surface area contributed by atoms with E-state index in [2.05, 4.69) is 38.7 Å². The molecule has 0 spiro atoms. The van der Waals surface area contributed by atoms with Crippen LogP contribution >= 0.6 is 23.1 Å². The summed E-state index contributed by atoms with van der Waals surface area (Å²) in [5.74, 6) is 2.21. The molecule has 0 atom stereocenters. The van der Waals surface area contributed by atoms with Gasteiger partial charge in [0, 0.05) is 12.5 Å². The second-order valence-electron chi connectivity index (χ2n) is 7.26. The molecule has 4 rings (SSSR count). The molecule has 1 fully saturated rings. The molecule has 1 aliphatic carbocycles. The number of aromatic nitrogens is 5. The van der Waals surface area contributed by atoms with Gasteiger partial charge >= 0.3 is 0 Å². The highest BCUT2D eigenvalue weighted by Gasteiger charge is 2.27. The summed E-state index contributed by atoms with van der Waals surface area (Å²) < 4.78 is 7.91. The zero-order valence-corrected chi connectivity index (χ0v) is 18.8. The zero-order valence-electron chi connectivity index (χ0n) is 17.2. The molecule has 1 N–H and O–H groups in total. The molecule has 158 valence electrons. The normalized spacial score (nSPS) is 13.4. The number of aryl methyl sites for hydroxylation is 2. The molecule has 0 unspecified atom stereocenters. The highest BCUT2D eigenvalue weighted by Crippen LogP contribution is 2.42. The van der Waals surface area contributed by atoms with Crippen LogP contribution in [0.25, 0.3) is 0 Å². The lowest BCUT2D eigenvalue weighted by Gasteiger charge is -2.11. The Morgan fingerprint density at radius 3 is 2.83 bits per heavy atom. The average molecular weight is 445 g/mol. The molecule has 0 aliphatic heterocycles. The predicted octanol–water partition coefficient (Wildman–Crippen LogP) is 3.95. The van der Waals surface area contributed by atoms with Gasteiger partial charge in [-0.15, -0.1) is 20.4 Å². The van der Waals surface area contributed by atoms with Gasteiger partial charge in [0.1, 0.15) is 17.4 Å². The van der Waals surface area contributed by atoms with Crippen molar-refractivity contribution in [3.63, 3.8) is 0 Å². The van der Waals surface area contributed by atoms with Crippen LogP contribution in [0.2, 0.25) is 0 Å². The summed E-state index contributed by atoms with van der Waals surface area (Å²) in [6, 6.07) is 6.09. The molecule has 2 aromatic heterocycles. The van der Waals surface area contributed by atoms with Gasteiger partial charge in [0.05, 0.1) is 5.75 Å². The first-order chi connectivity index (χ1) is 14.5.